The van der Waals surface area contributed by atoms with Gasteiger partial charge in [-0.05, 0) is 38.7 Å². The highest BCUT2D eigenvalue weighted by atomic mass is 16.6. The molecule has 1 saturated heterocycles. The number of nitrogens with zero attached hydrogens (tertiary/aromatic N) is 1. The molecule has 21 heavy (non-hydrogen) atoms. The lowest BCUT2D eigenvalue weighted by molar-refractivity contribution is -0.159. The van der Waals surface area contributed by atoms with Crippen molar-refractivity contribution < 1.29 is 14.3 Å². The minimum atomic E-state index is -0.511. The minimum absolute atomic E-state index is 0.0287. The summed E-state index contributed by atoms with van der Waals surface area (Å²) in [6.07, 6.45) is 1.35. The van der Waals surface area contributed by atoms with Gasteiger partial charge >= 0.3 is 5.97 Å². The Morgan fingerprint density at radius 3 is 2.52 bits per heavy atom. The first-order valence-electron chi connectivity index (χ1n) is 7.40. The van der Waals surface area contributed by atoms with Crippen LogP contribution in [0, 0.1) is 0 Å². The molecule has 1 atom stereocenters. The van der Waals surface area contributed by atoms with Crippen molar-refractivity contribution >= 4 is 11.9 Å². The molecule has 0 saturated carbocycles. The van der Waals surface area contributed by atoms with Crippen LogP contribution in [0.2, 0.25) is 0 Å². The summed E-state index contributed by atoms with van der Waals surface area (Å²) in [5, 5.41) is 0. The lowest BCUT2D eigenvalue weighted by atomic mass is 9.89. The van der Waals surface area contributed by atoms with Crippen LogP contribution in [-0.2, 0) is 14.3 Å². The molecule has 0 N–H and O–H groups in total. The molecule has 0 radical (unpaired) electrons. The fourth-order valence-electron chi connectivity index (χ4n) is 2.58. The van der Waals surface area contributed by atoms with Crippen LogP contribution in [0.1, 0.15) is 45.1 Å². The molecular weight excluding hydrogens is 266 g/mol. The van der Waals surface area contributed by atoms with Crippen LogP contribution in [0.15, 0.2) is 30.3 Å². The van der Waals surface area contributed by atoms with Gasteiger partial charge in [0, 0.05) is 13.0 Å². The van der Waals surface area contributed by atoms with Crippen molar-refractivity contribution in [3.8, 4) is 0 Å². The Hall–Kier alpha value is -1.84. The summed E-state index contributed by atoms with van der Waals surface area (Å²) in [5.41, 5.74) is 0.686. The van der Waals surface area contributed by atoms with Crippen LogP contribution in [-0.4, -0.2) is 35.5 Å². The average Bonchev–Trinajstić information content (AvgIpc) is 2.40. The summed E-state index contributed by atoms with van der Waals surface area (Å²) in [6, 6.07) is 10.1. The molecule has 0 bridgehead atoms. The van der Waals surface area contributed by atoms with Gasteiger partial charge in [-0.15, -0.1) is 0 Å². The number of ether oxygens (including phenoxy) is 1. The highest BCUT2D eigenvalue weighted by molar-refractivity contribution is 5.83. The Bertz CT molecular complexity index is 505. The third kappa shape index (κ3) is 4.59. The van der Waals surface area contributed by atoms with Crippen molar-refractivity contribution in [2.75, 3.05) is 13.1 Å². The maximum absolute atomic E-state index is 12.2. The number of rotatable bonds is 3. The Labute approximate surface area is 126 Å². The van der Waals surface area contributed by atoms with Gasteiger partial charge in [-0.1, -0.05) is 30.3 Å². The van der Waals surface area contributed by atoms with E-state index in [-0.39, 0.29) is 24.3 Å². The summed E-state index contributed by atoms with van der Waals surface area (Å²) in [7, 11) is 0. The van der Waals surface area contributed by atoms with E-state index in [2.05, 4.69) is 12.1 Å². The molecular formula is C17H23NO3. The molecule has 4 nitrogen and oxygen atoms in total. The summed E-state index contributed by atoms with van der Waals surface area (Å²) >= 11 is 0. The SMILES string of the molecule is CC(C)(C)OC(=O)CN1CCC(c2ccccc2)CC1=O. The molecule has 1 aliphatic heterocycles. The fraction of sp³-hybridized carbons (Fsp3) is 0.529. The van der Waals surface area contributed by atoms with E-state index in [1.54, 1.807) is 4.90 Å². The standard InChI is InChI=1S/C17H23NO3/c1-17(2,3)21-16(20)12-18-10-9-14(11-15(18)19)13-7-5-4-6-8-13/h4-8,14H,9-12H2,1-3H3. The van der Waals surface area contributed by atoms with Gasteiger partial charge in [-0.3, -0.25) is 9.59 Å². The van der Waals surface area contributed by atoms with E-state index in [9.17, 15) is 9.59 Å². The molecule has 1 heterocycles. The first-order chi connectivity index (χ1) is 9.85. The summed E-state index contributed by atoms with van der Waals surface area (Å²) in [5.74, 6) is -0.0523. The largest absolute Gasteiger partial charge is 0.459 e. The van der Waals surface area contributed by atoms with Crippen LogP contribution < -0.4 is 0 Å². The maximum Gasteiger partial charge on any atom is 0.326 e. The highest BCUT2D eigenvalue weighted by Gasteiger charge is 2.29. The molecule has 2 rings (SSSR count). The molecule has 0 aliphatic carbocycles. The Balaban J connectivity index is 1.90. The second kappa shape index (κ2) is 6.29. The third-order valence-corrected chi connectivity index (χ3v) is 3.53. The Morgan fingerprint density at radius 2 is 1.95 bits per heavy atom. The van der Waals surface area contributed by atoms with Crippen LogP contribution >= 0.6 is 0 Å². The molecule has 0 aromatic heterocycles. The molecule has 1 amide bonds. The van der Waals surface area contributed by atoms with Crippen molar-refractivity contribution in [3.63, 3.8) is 0 Å². The number of benzene rings is 1. The number of carbonyl (C=O) groups excluding carboxylic acids is 2. The monoisotopic (exact) mass is 289 g/mol. The predicted molar refractivity (Wildman–Crippen MR) is 80.8 cm³/mol. The molecule has 1 fully saturated rings. The van der Waals surface area contributed by atoms with Crippen LogP contribution in [0.4, 0.5) is 0 Å². The van der Waals surface area contributed by atoms with Gasteiger partial charge in [0.25, 0.3) is 0 Å². The quantitative estimate of drug-likeness (QED) is 0.804. The molecule has 4 heteroatoms. The lowest BCUT2D eigenvalue weighted by Gasteiger charge is -2.32. The van der Waals surface area contributed by atoms with Gasteiger partial charge < -0.3 is 9.64 Å². The highest BCUT2D eigenvalue weighted by Crippen LogP contribution is 2.28. The van der Waals surface area contributed by atoms with E-state index >= 15 is 0 Å². The van der Waals surface area contributed by atoms with E-state index in [1.165, 1.54) is 5.56 Å². The summed E-state index contributed by atoms with van der Waals surface area (Å²) < 4.78 is 5.27. The normalized spacial score (nSPS) is 19.5. The van der Waals surface area contributed by atoms with Gasteiger partial charge in [0.2, 0.25) is 5.91 Å². The van der Waals surface area contributed by atoms with Crippen LogP contribution in [0.5, 0.6) is 0 Å². The van der Waals surface area contributed by atoms with Gasteiger partial charge in [-0.2, -0.15) is 0 Å². The zero-order valence-corrected chi connectivity index (χ0v) is 13.0. The number of esters is 1. The number of likely N-dealkylation sites (tertiary alicyclic amines) is 1. The molecule has 0 spiro atoms. The Morgan fingerprint density at radius 1 is 1.29 bits per heavy atom. The number of amides is 1. The van der Waals surface area contributed by atoms with E-state index in [1.807, 2.05) is 39.0 Å². The van der Waals surface area contributed by atoms with Gasteiger partial charge in [0.1, 0.15) is 12.1 Å². The average molecular weight is 289 g/mol. The second-order valence-corrected chi connectivity index (χ2v) is 6.50. The maximum atomic E-state index is 12.2. The van der Waals surface area contributed by atoms with Gasteiger partial charge in [0.15, 0.2) is 0 Å². The molecule has 1 unspecified atom stereocenters. The van der Waals surface area contributed by atoms with E-state index in [0.29, 0.717) is 13.0 Å². The summed E-state index contributed by atoms with van der Waals surface area (Å²) in [4.78, 5) is 25.6. The lowest BCUT2D eigenvalue weighted by Crippen LogP contribution is -2.43. The third-order valence-electron chi connectivity index (χ3n) is 3.53. The zero-order valence-electron chi connectivity index (χ0n) is 13.0. The summed E-state index contributed by atoms with van der Waals surface area (Å²) in [6.45, 7) is 6.15. The number of hydrogen-bond acceptors (Lipinski definition) is 3. The van der Waals surface area contributed by atoms with E-state index < -0.39 is 5.60 Å². The van der Waals surface area contributed by atoms with Crippen LogP contribution in [0.3, 0.4) is 0 Å². The minimum Gasteiger partial charge on any atom is -0.459 e. The van der Waals surface area contributed by atoms with Crippen molar-refractivity contribution in [2.24, 2.45) is 0 Å². The molecule has 114 valence electrons. The fourth-order valence-corrected chi connectivity index (χ4v) is 2.58. The van der Waals surface area contributed by atoms with E-state index in [0.717, 1.165) is 6.42 Å². The second-order valence-electron chi connectivity index (χ2n) is 6.50. The Kier molecular flexibility index (Phi) is 4.66. The molecule has 1 aliphatic rings. The number of carbonyl (C=O) groups is 2. The first-order valence-corrected chi connectivity index (χ1v) is 7.40. The van der Waals surface area contributed by atoms with Gasteiger partial charge in [-0.25, -0.2) is 0 Å². The van der Waals surface area contributed by atoms with Crippen molar-refractivity contribution in [3.05, 3.63) is 35.9 Å². The number of piperidine rings is 1. The molecule has 1 aromatic carbocycles. The molecule has 1 aromatic rings. The smallest absolute Gasteiger partial charge is 0.326 e. The first kappa shape index (κ1) is 15.5. The number of hydrogen-bond donors (Lipinski definition) is 0. The topological polar surface area (TPSA) is 46.6 Å². The van der Waals surface area contributed by atoms with E-state index in [4.69, 9.17) is 4.74 Å². The van der Waals surface area contributed by atoms with Crippen molar-refractivity contribution in [2.45, 2.75) is 45.1 Å². The zero-order chi connectivity index (χ0) is 15.5. The van der Waals surface area contributed by atoms with Crippen LogP contribution in [0.25, 0.3) is 0 Å². The van der Waals surface area contributed by atoms with Gasteiger partial charge in [0.05, 0.1) is 0 Å². The predicted octanol–water partition coefficient (Wildman–Crippen LogP) is 2.73. The van der Waals surface area contributed by atoms with Crippen molar-refractivity contribution in [1.29, 1.82) is 0 Å². The van der Waals surface area contributed by atoms with Crippen molar-refractivity contribution in [1.82, 2.24) is 4.90 Å².